The molecule has 0 amide bonds. The number of hydrogen-bond donors (Lipinski definition) is 1. The van der Waals surface area contributed by atoms with Gasteiger partial charge in [-0.05, 0) is 44.9 Å². The number of hydrogen-bond acceptors (Lipinski definition) is 3. The van der Waals surface area contributed by atoms with Crippen LogP contribution in [0.4, 0.5) is 0 Å². The van der Waals surface area contributed by atoms with E-state index in [-0.39, 0.29) is 6.61 Å². The average molecular weight is 386 g/mol. The third-order valence-corrected chi connectivity index (χ3v) is 5.42. The van der Waals surface area contributed by atoms with Gasteiger partial charge in [0.1, 0.15) is 0 Å². The summed E-state index contributed by atoms with van der Waals surface area (Å²) >= 11 is 0. The Kier molecular flexibility index (Phi) is 7.51. The first kappa shape index (κ1) is 21.1. The maximum Gasteiger partial charge on any atom is 0.336 e. The second kappa shape index (κ2) is 9.62. The lowest BCUT2D eigenvalue weighted by atomic mass is 9.97. The van der Waals surface area contributed by atoms with Gasteiger partial charge in [-0.2, -0.15) is 0 Å². The molecular weight excluding hydrogens is 358 g/mol. The van der Waals surface area contributed by atoms with E-state index in [1.165, 1.54) is 0 Å². The molecular formula is C22H27NO3S. The number of carbonyl (C=O) groups is 1. The Hall–Kier alpha value is -2.24. The fraction of sp³-hybridized carbons (Fsp3) is 0.318. The highest BCUT2D eigenvalue weighted by atomic mass is 32.2. The highest BCUT2D eigenvalue weighted by molar-refractivity contribution is 7.84. The Morgan fingerprint density at radius 3 is 2.15 bits per heavy atom. The Bertz CT molecular complexity index is 795. The van der Waals surface area contributed by atoms with Gasteiger partial charge in [0.15, 0.2) is 0 Å². The van der Waals surface area contributed by atoms with E-state index in [0.717, 1.165) is 11.1 Å². The summed E-state index contributed by atoms with van der Waals surface area (Å²) in [5.41, 5.74) is 2.15. The summed E-state index contributed by atoms with van der Waals surface area (Å²) in [5, 5.41) is 0. The number of esters is 1. The number of ether oxygens (including phenoxy) is 1. The van der Waals surface area contributed by atoms with Crippen molar-refractivity contribution in [1.29, 1.82) is 0 Å². The highest BCUT2D eigenvalue weighted by Gasteiger charge is 2.29. The van der Waals surface area contributed by atoms with E-state index in [0.29, 0.717) is 5.57 Å². The van der Waals surface area contributed by atoms with Crippen LogP contribution in [0.2, 0.25) is 0 Å². The smallest absolute Gasteiger partial charge is 0.336 e. The van der Waals surface area contributed by atoms with Gasteiger partial charge in [-0.3, -0.25) is 0 Å². The zero-order valence-electron chi connectivity index (χ0n) is 16.3. The van der Waals surface area contributed by atoms with E-state index in [2.05, 4.69) is 4.72 Å². The number of nitrogens with one attached hydrogen (secondary N) is 1. The van der Waals surface area contributed by atoms with E-state index in [4.69, 9.17) is 4.74 Å². The Morgan fingerprint density at radius 1 is 1.07 bits per heavy atom. The zero-order chi connectivity index (χ0) is 19.9. The van der Waals surface area contributed by atoms with Gasteiger partial charge >= 0.3 is 5.97 Å². The first-order valence-electron chi connectivity index (χ1n) is 8.99. The van der Waals surface area contributed by atoms with Crippen LogP contribution < -0.4 is 4.72 Å². The summed E-state index contributed by atoms with van der Waals surface area (Å²) in [6, 6.07) is 18.6. The van der Waals surface area contributed by atoms with Crippen molar-refractivity contribution in [2.24, 2.45) is 0 Å². The van der Waals surface area contributed by atoms with Crippen molar-refractivity contribution in [2.75, 3.05) is 6.61 Å². The third kappa shape index (κ3) is 6.15. The SMILES string of the molecule is CCOC(=O)/C(=C\c1ccccc1)[C@@H](NS(=O)C(C)(C)C)c1ccccc1. The first-order valence-corrected chi connectivity index (χ1v) is 10.1. The lowest BCUT2D eigenvalue weighted by Gasteiger charge is -2.26. The Balaban J connectivity index is 2.53. The molecule has 0 radical (unpaired) electrons. The number of benzene rings is 2. The molecule has 0 saturated heterocycles. The molecule has 0 aliphatic rings. The molecule has 5 heteroatoms. The average Bonchev–Trinajstić information content (AvgIpc) is 2.65. The molecule has 0 aliphatic carbocycles. The first-order chi connectivity index (χ1) is 12.8. The highest BCUT2D eigenvalue weighted by Crippen LogP contribution is 2.27. The van der Waals surface area contributed by atoms with E-state index < -0.39 is 27.7 Å². The topological polar surface area (TPSA) is 55.4 Å². The summed E-state index contributed by atoms with van der Waals surface area (Å²) in [5.74, 6) is -0.423. The molecule has 2 rings (SSSR count). The van der Waals surface area contributed by atoms with Gasteiger partial charge in [0.05, 0.1) is 34.0 Å². The van der Waals surface area contributed by atoms with E-state index >= 15 is 0 Å². The molecule has 0 heterocycles. The van der Waals surface area contributed by atoms with Gasteiger partial charge in [0.25, 0.3) is 0 Å². The minimum Gasteiger partial charge on any atom is -0.463 e. The summed E-state index contributed by atoms with van der Waals surface area (Å²) in [6.07, 6.45) is 1.79. The van der Waals surface area contributed by atoms with Crippen LogP contribution in [0.15, 0.2) is 66.2 Å². The minimum atomic E-state index is -1.37. The van der Waals surface area contributed by atoms with Crippen molar-refractivity contribution in [2.45, 2.75) is 38.5 Å². The van der Waals surface area contributed by atoms with Gasteiger partial charge in [-0.25, -0.2) is 13.7 Å². The predicted octanol–water partition coefficient (Wildman–Crippen LogP) is 4.43. The molecule has 2 aromatic carbocycles. The quantitative estimate of drug-likeness (QED) is 0.567. The molecule has 0 aliphatic heterocycles. The minimum absolute atomic E-state index is 0.273. The molecule has 0 saturated carbocycles. The van der Waals surface area contributed by atoms with Crippen LogP contribution in [0.25, 0.3) is 6.08 Å². The van der Waals surface area contributed by atoms with Gasteiger partial charge in [-0.15, -0.1) is 0 Å². The van der Waals surface area contributed by atoms with Crippen molar-refractivity contribution in [3.63, 3.8) is 0 Å². The largest absolute Gasteiger partial charge is 0.463 e. The summed E-state index contributed by atoms with van der Waals surface area (Å²) in [6.45, 7) is 7.72. The van der Waals surface area contributed by atoms with Crippen molar-refractivity contribution in [1.82, 2.24) is 4.72 Å². The van der Waals surface area contributed by atoms with Gasteiger partial charge < -0.3 is 4.74 Å². The van der Waals surface area contributed by atoms with Crippen LogP contribution in [0.3, 0.4) is 0 Å². The number of carbonyl (C=O) groups excluding carboxylic acids is 1. The maximum atomic E-state index is 12.8. The maximum absolute atomic E-state index is 12.8. The number of rotatable bonds is 7. The lowest BCUT2D eigenvalue weighted by molar-refractivity contribution is -0.138. The molecule has 1 unspecified atom stereocenters. The molecule has 0 spiro atoms. The second-order valence-electron chi connectivity index (χ2n) is 7.07. The summed E-state index contributed by atoms with van der Waals surface area (Å²) in [7, 11) is -1.37. The second-order valence-corrected chi connectivity index (χ2v) is 9.07. The van der Waals surface area contributed by atoms with Gasteiger partial charge in [0.2, 0.25) is 0 Å². The van der Waals surface area contributed by atoms with Crippen LogP contribution >= 0.6 is 0 Å². The summed E-state index contributed by atoms with van der Waals surface area (Å²) in [4.78, 5) is 12.8. The van der Waals surface area contributed by atoms with Crippen LogP contribution in [-0.4, -0.2) is 21.5 Å². The Morgan fingerprint density at radius 2 is 1.63 bits per heavy atom. The standard InChI is InChI=1S/C22H27NO3S/c1-5-26-21(24)19(16-17-12-8-6-9-13-17)20(18-14-10-7-11-15-18)23-27(25)22(2,3)4/h6-16,20,23H,5H2,1-4H3/b19-16-/t20-,27?/m0/s1. The molecule has 0 aromatic heterocycles. The lowest BCUT2D eigenvalue weighted by Crippen LogP contribution is -2.37. The Labute approximate surface area is 164 Å². The van der Waals surface area contributed by atoms with E-state index in [1.54, 1.807) is 13.0 Å². The molecule has 27 heavy (non-hydrogen) atoms. The molecule has 2 aromatic rings. The van der Waals surface area contributed by atoms with Gasteiger partial charge in [-0.1, -0.05) is 60.7 Å². The molecule has 2 atom stereocenters. The monoisotopic (exact) mass is 385 g/mol. The molecule has 144 valence electrons. The third-order valence-electron chi connectivity index (χ3n) is 3.86. The normalized spacial score (nSPS) is 14.4. The van der Waals surface area contributed by atoms with E-state index in [9.17, 15) is 9.00 Å². The fourth-order valence-corrected chi connectivity index (χ4v) is 3.27. The molecule has 1 N–H and O–H groups in total. The van der Waals surface area contributed by atoms with Crippen molar-refractivity contribution >= 4 is 23.0 Å². The van der Waals surface area contributed by atoms with Crippen LogP contribution in [0.1, 0.15) is 44.9 Å². The van der Waals surface area contributed by atoms with Crippen LogP contribution in [0, 0.1) is 0 Å². The fourth-order valence-electron chi connectivity index (χ4n) is 2.44. The predicted molar refractivity (Wildman–Crippen MR) is 111 cm³/mol. The van der Waals surface area contributed by atoms with Crippen molar-refractivity contribution in [3.8, 4) is 0 Å². The van der Waals surface area contributed by atoms with Crippen LogP contribution in [0.5, 0.6) is 0 Å². The summed E-state index contributed by atoms with van der Waals surface area (Å²) < 4.78 is 20.8. The van der Waals surface area contributed by atoms with Crippen LogP contribution in [-0.2, 0) is 20.5 Å². The zero-order valence-corrected chi connectivity index (χ0v) is 17.1. The molecule has 0 bridgehead atoms. The van der Waals surface area contributed by atoms with E-state index in [1.807, 2.05) is 81.4 Å². The molecule has 0 fully saturated rings. The molecule has 4 nitrogen and oxygen atoms in total. The van der Waals surface area contributed by atoms with Crippen molar-refractivity contribution in [3.05, 3.63) is 77.4 Å². The van der Waals surface area contributed by atoms with Crippen molar-refractivity contribution < 1.29 is 13.7 Å². The van der Waals surface area contributed by atoms with Gasteiger partial charge in [0, 0.05) is 0 Å².